The van der Waals surface area contributed by atoms with Crippen LogP contribution in [0.2, 0.25) is 0 Å². The molecule has 1 heterocycles. The van der Waals surface area contributed by atoms with Crippen molar-refractivity contribution < 1.29 is 8.42 Å². The quantitative estimate of drug-likeness (QED) is 0.885. The molecule has 0 radical (unpaired) electrons. The van der Waals surface area contributed by atoms with E-state index in [1.165, 1.54) is 0 Å². The van der Waals surface area contributed by atoms with Gasteiger partial charge in [0.15, 0.2) is 0 Å². The van der Waals surface area contributed by atoms with Crippen LogP contribution < -0.4 is 10.0 Å². The zero-order valence-corrected chi connectivity index (χ0v) is 12.5. The highest BCUT2D eigenvalue weighted by Crippen LogP contribution is 2.19. The van der Waals surface area contributed by atoms with E-state index in [0.29, 0.717) is 10.8 Å². The Morgan fingerprint density at radius 1 is 1.32 bits per heavy atom. The molecule has 1 fully saturated rings. The summed E-state index contributed by atoms with van der Waals surface area (Å²) in [5.41, 5.74) is 1.88. The minimum absolute atomic E-state index is 0.0203. The van der Waals surface area contributed by atoms with Crippen LogP contribution in [0.15, 0.2) is 23.1 Å². The second-order valence-electron chi connectivity index (χ2n) is 5.47. The number of aryl methyl sites for hydroxylation is 2. The number of hydrogen-bond acceptors (Lipinski definition) is 3. The topological polar surface area (TPSA) is 58.2 Å². The van der Waals surface area contributed by atoms with Crippen LogP contribution in [0.1, 0.15) is 24.5 Å². The van der Waals surface area contributed by atoms with Crippen LogP contribution >= 0.6 is 0 Å². The minimum atomic E-state index is -3.42. The summed E-state index contributed by atoms with van der Waals surface area (Å²) in [6, 6.07) is 5.46. The lowest BCUT2D eigenvalue weighted by Crippen LogP contribution is -2.48. The summed E-state index contributed by atoms with van der Waals surface area (Å²) in [7, 11) is -3.42. The molecule has 1 aliphatic heterocycles. The standard InChI is InChI=1S/C14H22N2O2S/c1-10-4-5-14(11(2)8-10)19(17,18)16-13-6-7-15-9-12(13)3/h4-5,8,12-13,15-16H,6-7,9H2,1-3H3. The highest BCUT2D eigenvalue weighted by atomic mass is 32.2. The zero-order valence-electron chi connectivity index (χ0n) is 11.7. The lowest BCUT2D eigenvalue weighted by atomic mass is 9.97. The fourth-order valence-corrected chi connectivity index (χ4v) is 4.16. The maximum Gasteiger partial charge on any atom is 0.241 e. The number of piperidine rings is 1. The number of benzene rings is 1. The van der Waals surface area contributed by atoms with E-state index in [9.17, 15) is 8.42 Å². The molecule has 1 aromatic carbocycles. The molecular formula is C14H22N2O2S. The van der Waals surface area contributed by atoms with Crippen LogP contribution in [0, 0.1) is 19.8 Å². The Hall–Kier alpha value is -0.910. The van der Waals surface area contributed by atoms with Crippen molar-refractivity contribution in [2.24, 2.45) is 5.92 Å². The Kier molecular flexibility index (Phi) is 4.28. The van der Waals surface area contributed by atoms with Gasteiger partial charge in [0.1, 0.15) is 0 Å². The molecular weight excluding hydrogens is 260 g/mol. The molecule has 4 nitrogen and oxygen atoms in total. The molecule has 5 heteroatoms. The van der Waals surface area contributed by atoms with Gasteiger partial charge < -0.3 is 5.32 Å². The Morgan fingerprint density at radius 2 is 2.05 bits per heavy atom. The second-order valence-corrected chi connectivity index (χ2v) is 7.15. The van der Waals surface area contributed by atoms with Crippen molar-refractivity contribution in [3.63, 3.8) is 0 Å². The van der Waals surface area contributed by atoms with Gasteiger partial charge in [-0.3, -0.25) is 0 Å². The Labute approximate surface area is 115 Å². The van der Waals surface area contributed by atoms with Crippen molar-refractivity contribution in [2.75, 3.05) is 13.1 Å². The minimum Gasteiger partial charge on any atom is -0.316 e. The monoisotopic (exact) mass is 282 g/mol. The lowest BCUT2D eigenvalue weighted by Gasteiger charge is -2.30. The summed E-state index contributed by atoms with van der Waals surface area (Å²) in [6.45, 7) is 7.60. The molecule has 106 valence electrons. The molecule has 2 rings (SSSR count). The highest BCUT2D eigenvalue weighted by molar-refractivity contribution is 7.89. The van der Waals surface area contributed by atoms with Gasteiger partial charge >= 0.3 is 0 Å². The summed E-state index contributed by atoms with van der Waals surface area (Å²) < 4.78 is 27.7. The Bertz CT molecular complexity index is 555. The van der Waals surface area contributed by atoms with E-state index in [4.69, 9.17) is 0 Å². The van der Waals surface area contributed by atoms with Gasteiger partial charge in [0.05, 0.1) is 4.90 Å². The summed E-state index contributed by atoms with van der Waals surface area (Å²) in [5.74, 6) is 0.314. The average Bonchev–Trinajstić information content (AvgIpc) is 2.31. The van der Waals surface area contributed by atoms with Gasteiger partial charge in [-0.2, -0.15) is 0 Å². The van der Waals surface area contributed by atoms with Crippen molar-refractivity contribution in [1.29, 1.82) is 0 Å². The molecule has 2 unspecified atom stereocenters. The molecule has 0 aromatic heterocycles. The summed E-state index contributed by atoms with van der Waals surface area (Å²) in [6.07, 6.45) is 0.839. The van der Waals surface area contributed by atoms with Crippen LogP contribution in [0.3, 0.4) is 0 Å². The van der Waals surface area contributed by atoms with Crippen molar-refractivity contribution in [3.8, 4) is 0 Å². The van der Waals surface area contributed by atoms with Crippen molar-refractivity contribution in [3.05, 3.63) is 29.3 Å². The van der Waals surface area contributed by atoms with E-state index in [0.717, 1.165) is 30.6 Å². The van der Waals surface area contributed by atoms with E-state index >= 15 is 0 Å². The predicted molar refractivity (Wildman–Crippen MR) is 76.7 cm³/mol. The number of sulfonamides is 1. The van der Waals surface area contributed by atoms with Crippen LogP contribution in [0.25, 0.3) is 0 Å². The van der Waals surface area contributed by atoms with Gasteiger partial charge in [0.25, 0.3) is 0 Å². The van der Waals surface area contributed by atoms with Crippen LogP contribution in [-0.4, -0.2) is 27.5 Å². The number of nitrogens with one attached hydrogen (secondary N) is 2. The van der Waals surface area contributed by atoms with Gasteiger partial charge in [0, 0.05) is 6.04 Å². The molecule has 1 aliphatic rings. The van der Waals surface area contributed by atoms with E-state index in [2.05, 4.69) is 17.0 Å². The van der Waals surface area contributed by atoms with Gasteiger partial charge in [-0.25, -0.2) is 13.1 Å². The molecule has 0 spiro atoms. The van der Waals surface area contributed by atoms with Crippen molar-refractivity contribution >= 4 is 10.0 Å². The van der Waals surface area contributed by atoms with E-state index in [-0.39, 0.29) is 6.04 Å². The summed E-state index contributed by atoms with van der Waals surface area (Å²) >= 11 is 0. The first-order valence-corrected chi connectivity index (χ1v) is 8.19. The first kappa shape index (κ1) is 14.5. The van der Waals surface area contributed by atoms with E-state index < -0.39 is 10.0 Å². The largest absolute Gasteiger partial charge is 0.316 e. The fraction of sp³-hybridized carbons (Fsp3) is 0.571. The van der Waals surface area contributed by atoms with E-state index in [1.807, 2.05) is 26.0 Å². The molecule has 1 saturated heterocycles. The smallest absolute Gasteiger partial charge is 0.241 e. The molecule has 2 atom stereocenters. The third-order valence-electron chi connectivity index (χ3n) is 3.71. The zero-order chi connectivity index (χ0) is 14.0. The average molecular weight is 282 g/mol. The third kappa shape index (κ3) is 3.35. The first-order chi connectivity index (χ1) is 8.90. The first-order valence-electron chi connectivity index (χ1n) is 6.70. The van der Waals surface area contributed by atoms with Crippen LogP contribution in [0.5, 0.6) is 0 Å². The third-order valence-corrected chi connectivity index (χ3v) is 5.36. The van der Waals surface area contributed by atoms with Crippen molar-refractivity contribution in [2.45, 2.75) is 38.1 Å². The molecule has 0 amide bonds. The maximum atomic E-state index is 12.4. The number of hydrogen-bond donors (Lipinski definition) is 2. The van der Waals surface area contributed by atoms with Crippen LogP contribution in [0.4, 0.5) is 0 Å². The van der Waals surface area contributed by atoms with Gasteiger partial charge in [0.2, 0.25) is 10.0 Å². The molecule has 19 heavy (non-hydrogen) atoms. The predicted octanol–water partition coefficient (Wildman–Crippen LogP) is 1.58. The SMILES string of the molecule is Cc1ccc(S(=O)(=O)NC2CCNCC2C)c(C)c1. The summed E-state index contributed by atoms with van der Waals surface area (Å²) in [5, 5.41) is 3.27. The maximum absolute atomic E-state index is 12.4. The Balaban J connectivity index is 2.22. The normalized spacial score (nSPS) is 24.4. The molecule has 0 saturated carbocycles. The van der Waals surface area contributed by atoms with Gasteiger partial charge in [-0.1, -0.05) is 24.6 Å². The van der Waals surface area contributed by atoms with E-state index in [1.54, 1.807) is 6.07 Å². The fourth-order valence-electron chi connectivity index (χ4n) is 2.55. The van der Waals surface area contributed by atoms with Crippen molar-refractivity contribution in [1.82, 2.24) is 10.0 Å². The second kappa shape index (κ2) is 5.61. The number of rotatable bonds is 3. The lowest BCUT2D eigenvalue weighted by molar-refractivity contribution is 0.328. The molecule has 2 N–H and O–H groups in total. The van der Waals surface area contributed by atoms with Gasteiger partial charge in [-0.15, -0.1) is 0 Å². The van der Waals surface area contributed by atoms with Gasteiger partial charge in [-0.05, 0) is 50.9 Å². The Morgan fingerprint density at radius 3 is 2.68 bits per heavy atom. The molecule has 0 aliphatic carbocycles. The molecule has 1 aromatic rings. The molecule has 0 bridgehead atoms. The highest BCUT2D eigenvalue weighted by Gasteiger charge is 2.27. The summed E-state index contributed by atoms with van der Waals surface area (Å²) in [4.78, 5) is 0.392. The van der Waals surface area contributed by atoms with Crippen LogP contribution in [-0.2, 0) is 10.0 Å².